The number of hydrogen-bond donors (Lipinski definition) is 1. The number of nitrogens with one attached hydrogen (secondary N) is 1. The summed E-state index contributed by atoms with van der Waals surface area (Å²) in [5.41, 5.74) is 1.28. The molecule has 0 radical (unpaired) electrons. The minimum Gasteiger partial charge on any atom is -0.383 e. The first kappa shape index (κ1) is 14.3. The third-order valence-electron chi connectivity index (χ3n) is 3.11. The van der Waals surface area contributed by atoms with Gasteiger partial charge in [-0.15, -0.1) is 11.3 Å². The molecule has 2 rings (SSSR count). The highest BCUT2D eigenvalue weighted by Gasteiger charge is 2.14. The Hall–Kier alpha value is -1.16. The van der Waals surface area contributed by atoms with Crippen molar-refractivity contribution < 1.29 is 4.74 Å². The van der Waals surface area contributed by atoms with Crippen molar-refractivity contribution in [1.29, 1.82) is 0 Å². The van der Waals surface area contributed by atoms with Gasteiger partial charge in [-0.25, -0.2) is 0 Å². The van der Waals surface area contributed by atoms with Crippen molar-refractivity contribution in [2.24, 2.45) is 0 Å². The van der Waals surface area contributed by atoms with Crippen LogP contribution in [0.5, 0.6) is 0 Å². The summed E-state index contributed by atoms with van der Waals surface area (Å²) in [6.07, 6.45) is 1.06. The van der Waals surface area contributed by atoms with E-state index in [4.69, 9.17) is 4.74 Å². The predicted molar refractivity (Wildman–Crippen MR) is 81.7 cm³/mol. The summed E-state index contributed by atoms with van der Waals surface area (Å²) in [5, 5.41) is 5.78. The molecule has 0 saturated carbocycles. The lowest BCUT2D eigenvalue weighted by atomic mass is 10.1. The van der Waals surface area contributed by atoms with Crippen molar-refractivity contribution in [3.63, 3.8) is 0 Å². The molecule has 2 atom stereocenters. The zero-order chi connectivity index (χ0) is 13.5. The Morgan fingerprint density at radius 1 is 1.16 bits per heavy atom. The molecular weight excluding hydrogens is 254 g/mol. The molecule has 2 unspecified atom stereocenters. The number of methoxy groups -OCH3 is 1. The number of hydrogen-bond acceptors (Lipinski definition) is 3. The van der Waals surface area contributed by atoms with E-state index in [0.29, 0.717) is 12.6 Å². The lowest BCUT2D eigenvalue weighted by Crippen LogP contribution is -2.34. The second-order valence-corrected chi connectivity index (χ2v) is 5.80. The van der Waals surface area contributed by atoms with Crippen molar-refractivity contribution in [3.8, 4) is 0 Å². The molecule has 0 amide bonds. The summed E-state index contributed by atoms with van der Waals surface area (Å²) >= 11 is 1.82. The first-order valence-corrected chi connectivity index (χ1v) is 7.50. The number of thiophene rings is 1. The topological polar surface area (TPSA) is 21.3 Å². The highest BCUT2D eigenvalue weighted by atomic mass is 32.1. The largest absolute Gasteiger partial charge is 0.383 e. The van der Waals surface area contributed by atoms with E-state index in [1.165, 1.54) is 10.4 Å². The molecule has 3 heteroatoms. The number of rotatable bonds is 7. The fourth-order valence-corrected chi connectivity index (χ4v) is 3.06. The average molecular weight is 275 g/mol. The van der Waals surface area contributed by atoms with E-state index in [2.05, 4.69) is 54.0 Å². The van der Waals surface area contributed by atoms with E-state index >= 15 is 0 Å². The van der Waals surface area contributed by atoms with E-state index < -0.39 is 0 Å². The Balaban J connectivity index is 1.96. The molecule has 0 aliphatic heterocycles. The molecule has 1 heterocycles. The number of ether oxygens (including phenoxy) is 1. The Bertz CT molecular complexity index is 455. The van der Waals surface area contributed by atoms with Gasteiger partial charge < -0.3 is 10.1 Å². The molecule has 1 aromatic carbocycles. The molecule has 0 aliphatic carbocycles. The van der Waals surface area contributed by atoms with Crippen LogP contribution in [0.2, 0.25) is 0 Å². The summed E-state index contributed by atoms with van der Waals surface area (Å²) in [6, 6.07) is 15.5. The van der Waals surface area contributed by atoms with E-state index in [1.54, 1.807) is 7.11 Å². The quantitative estimate of drug-likeness (QED) is 0.832. The zero-order valence-electron chi connectivity index (χ0n) is 11.5. The van der Waals surface area contributed by atoms with Crippen molar-refractivity contribution in [1.82, 2.24) is 5.32 Å². The minimum atomic E-state index is 0.251. The normalized spacial score (nSPS) is 14.2. The molecule has 19 heavy (non-hydrogen) atoms. The van der Waals surface area contributed by atoms with Gasteiger partial charge >= 0.3 is 0 Å². The molecule has 0 bridgehead atoms. The Morgan fingerprint density at radius 2 is 1.95 bits per heavy atom. The Morgan fingerprint density at radius 3 is 2.58 bits per heavy atom. The maximum Gasteiger partial charge on any atom is 0.0657 e. The van der Waals surface area contributed by atoms with E-state index in [-0.39, 0.29) is 6.04 Å². The molecule has 2 nitrogen and oxygen atoms in total. The summed E-state index contributed by atoms with van der Waals surface area (Å²) in [5.74, 6) is 0. The van der Waals surface area contributed by atoms with Gasteiger partial charge in [-0.3, -0.25) is 0 Å². The fourth-order valence-electron chi connectivity index (χ4n) is 2.23. The highest BCUT2D eigenvalue weighted by molar-refractivity contribution is 7.09. The predicted octanol–water partition coefficient (Wildman–Crippen LogP) is 3.66. The van der Waals surface area contributed by atoms with Crippen LogP contribution < -0.4 is 5.32 Å². The highest BCUT2D eigenvalue weighted by Crippen LogP contribution is 2.16. The molecule has 102 valence electrons. The van der Waals surface area contributed by atoms with Gasteiger partial charge in [-0.1, -0.05) is 36.4 Å². The van der Waals surface area contributed by atoms with Crippen LogP contribution in [0.1, 0.15) is 23.4 Å². The first-order valence-electron chi connectivity index (χ1n) is 6.62. The third kappa shape index (κ3) is 4.46. The van der Waals surface area contributed by atoms with Crippen LogP contribution in [-0.2, 0) is 11.2 Å². The lowest BCUT2D eigenvalue weighted by Gasteiger charge is -2.23. The van der Waals surface area contributed by atoms with Gasteiger partial charge in [0.25, 0.3) is 0 Å². The monoisotopic (exact) mass is 275 g/mol. The molecule has 0 fully saturated rings. The third-order valence-corrected chi connectivity index (χ3v) is 4.01. The molecule has 0 aliphatic rings. The van der Waals surface area contributed by atoms with Crippen LogP contribution >= 0.6 is 11.3 Å². The van der Waals surface area contributed by atoms with Crippen molar-refractivity contribution in [2.75, 3.05) is 13.7 Å². The second kappa shape index (κ2) is 7.43. The molecule has 0 spiro atoms. The van der Waals surface area contributed by atoms with Crippen LogP contribution in [0, 0.1) is 0 Å². The first-order chi connectivity index (χ1) is 9.29. The van der Waals surface area contributed by atoms with Gasteiger partial charge in [0, 0.05) is 18.0 Å². The SMILES string of the molecule is COCC(NC(C)Cc1cccs1)c1ccccc1. The Labute approximate surface area is 119 Å². The molecule has 2 aromatic rings. The van der Waals surface area contributed by atoms with E-state index in [0.717, 1.165) is 6.42 Å². The van der Waals surface area contributed by atoms with Gasteiger partial charge in [-0.05, 0) is 30.4 Å². The minimum absolute atomic E-state index is 0.251. The number of benzene rings is 1. The van der Waals surface area contributed by atoms with Crippen LogP contribution in [0.3, 0.4) is 0 Å². The summed E-state index contributed by atoms with van der Waals surface area (Å²) < 4.78 is 5.33. The van der Waals surface area contributed by atoms with Crippen LogP contribution in [0.4, 0.5) is 0 Å². The van der Waals surface area contributed by atoms with Gasteiger partial charge in [0.15, 0.2) is 0 Å². The van der Waals surface area contributed by atoms with Crippen molar-refractivity contribution in [3.05, 3.63) is 58.3 Å². The van der Waals surface area contributed by atoms with E-state index in [9.17, 15) is 0 Å². The van der Waals surface area contributed by atoms with Crippen LogP contribution in [0.25, 0.3) is 0 Å². The lowest BCUT2D eigenvalue weighted by molar-refractivity contribution is 0.162. The average Bonchev–Trinajstić information content (AvgIpc) is 2.92. The van der Waals surface area contributed by atoms with Crippen LogP contribution in [0.15, 0.2) is 47.8 Å². The van der Waals surface area contributed by atoms with Gasteiger partial charge in [0.05, 0.1) is 12.6 Å². The van der Waals surface area contributed by atoms with Gasteiger partial charge in [-0.2, -0.15) is 0 Å². The summed E-state index contributed by atoms with van der Waals surface area (Å²) in [7, 11) is 1.75. The van der Waals surface area contributed by atoms with Crippen LogP contribution in [-0.4, -0.2) is 19.8 Å². The summed E-state index contributed by atoms with van der Waals surface area (Å²) in [6.45, 7) is 2.92. The van der Waals surface area contributed by atoms with Crippen molar-refractivity contribution >= 4 is 11.3 Å². The zero-order valence-corrected chi connectivity index (χ0v) is 12.3. The second-order valence-electron chi connectivity index (χ2n) is 4.77. The standard InChI is InChI=1S/C16H21NOS/c1-13(11-15-9-6-10-19-15)17-16(12-18-2)14-7-4-3-5-8-14/h3-10,13,16-17H,11-12H2,1-2H3. The maximum absolute atomic E-state index is 5.33. The van der Waals surface area contributed by atoms with Crippen molar-refractivity contribution in [2.45, 2.75) is 25.4 Å². The van der Waals surface area contributed by atoms with Gasteiger partial charge in [0.1, 0.15) is 0 Å². The smallest absolute Gasteiger partial charge is 0.0657 e. The summed E-state index contributed by atoms with van der Waals surface area (Å²) in [4.78, 5) is 1.42. The molecule has 1 aromatic heterocycles. The van der Waals surface area contributed by atoms with E-state index in [1.807, 2.05) is 17.4 Å². The molecular formula is C16H21NOS. The molecule has 1 N–H and O–H groups in total. The Kier molecular flexibility index (Phi) is 5.58. The fraction of sp³-hybridized carbons (Fsp3) is 0.375. The molecule has 0 saturated heterocycles. The van der Waals surface area contributed by atoms with Gasteiger partial charge in [0.2, 0.25) is 0 Å². The maximum atomic E-state index is 5.33.